The predicted molar refractivity (Wildman–Crippen MR) is 123 cm³/mol. The Bertz CT molecular complexity index is 1060. The molecule has 1 saturated carbocycles. The number of carbonyl (C=O) groups is 2. The van der Waals surface area contributed by atoms with Gasteiger partial charge in [-0.05, 0) is 52.1 Å². The standard InChI is InChI=1S/C23H30N8O3/c1-15-11-23(22(33)31(15)17-10-20(32)34-13-17)5-8-30(9-6-23)7-4-18-21(16-2-3-16)28-19(12-25-18)26-14-27-29-24/h10,12,14-16H,2-9,11,13H2,1H3,(H2,24,26,27,28)/t15-/m0/s1. The first-order valence-corrected chi connectivity index (χ1v) is 11.9. The molecule has 2 saturated heterocycles. The minimum Gasteiger partial charge on any atom is -0.456 e. The molecule has 4 heterocycles. The number of likely N-dealkylation sites (tertiary alicyclic amines) is 2. The first-order valence-electron chi connectivity index (χ1n) is 11.9. The lowest BCUT2D eigenvalue weighted by Crippen LogP contribution is -2.45. The monoisotopic (exact) mass is 466 g/mol. The van der Waals surface area contributed by atoms with E-state index in [1.165, 1.54) is 12.4 Å². The van der Waals surface area contributed by atoms with E-state index in [0.29, 0.717) is 17.4 Å². The highest BCUT2D eigenvalue weighted by Gasteiger charge is 2.52. The van der Waals surface area contributed by atoms with Crippen LogP contribution in [0.5, 0.6) is 0 Å². The van der Waals surface area contributed by atoms with Crippen molar-refractivity contribution in [2.75, 3.05) is 26.2 Å². The van der Waals surface area contributed by atoms with Crippen LogP contribution in [0.3, 0.4) is 0 Å². The average Bonchev–Trinajstić information content (AvgIpc) is 3.55. The molecule has 2 N–H and O–H groups in total. The summed E-state index contributed by atoms with van der Waals surface area (Å²) < 4.78 is 5.04. The van der Waals surface area contributed by atoms with E-state index in [0.717, 1.165) is 69.5 Å². The molecule has 4 aliphatic rings. The second-order valence-electron chi connectivity index (χ2n) is 9.65. The minimum absolute atomic E-state index is 0.0867. The number of esters is 1. The molecule has 34 heavy (non-hydrogen) atoms. The van der Waals surface area contributed by atoms with Gasteiger partial charge < -0.3 is 20.4 Å². The number of ether oxygens (including phenoxy) is 1. The summed E-state index contributed by atoms with van der Waals surface area (Å²) in [6, 6.07) is 0.0867. The smallest absolute Gasteiger partial charge is 0.333 e. The normalized spacial score (nSPS) is 25.1. The first kappa shape index (κ1) is 22.6. The molecule has 11 heteroatoms. The largest absolute Gasteiger partial charge is 0.456 e. The number of carbonyl (C=O) groups excluding carboxylic acids is 2. The Kier molecular flexibility index (Phi) is 6.11. The van der Waals surface area contributed by atoms with Gasteiger partial charge in [0.1, 0.15) is 12.9 Å². The summed E-state index contributed by atoms with van der Waals surface area (Å²) >= 11 is 0. The van der Waals surface area contributed by atoms with E-state index in [1.807, 2.05) is 0 Å². The summed E-state index contributed by atoms with van der Waals surface area (Å²) in [7, 11) is 0. The molecular formula is C23H30N8O3. The number of amides is 1. The van der Waals surface area contributed by atoms with Crippen LogP contribution in [0.2, 0.25) is 0 Å². The number of aromatic nitrogens is 2. The average molecular weight is 467 g/mol. The van der Waals surface area contributed by atoms with Crippen LogP contribution in [0.1, 0.15) is 56.3 Å². The van der Waals surface area contributed by atoms with Gasteiger partial charge in [0.05, 0.1) is 28.7 Å². The number of hydrogen-bond acceptors (Lipinski definition) is 8. The molecule has 1 spiro atoms. The van der Waals surface area contributed by atoms with Crippen LogP contribution in [0.15, 0.2) is 33.3 Å². The summed E-state index contributed by atoms with van der Waals surface area (Å²) in [5.41, 5.74) is 2.43. The number of rotatable bonds is 7. The third kappa shape index (κ3) is 4.44. The zero-order chi connectivity index (χ0) is 23.7. The molecular weight excluding hydrogens is 436 g/mol. The Morgan fingerprint density at radius 1 is 1.29 bits per heavy atom. The number of hydrogen-bond donors (Lipinski definition) is 1. The minimum atomic E-state index is -0.361. The molecule has 1 atom stereocenters. The van der Waals surface area contributed by atoms with Gasteiger partial charge in [-0.2, -0.15) is 0 Å². The van der Waals surface area contributed by atoms with Crippen molar-refractivity contribution in [3.63, 3.8) is 0 Å². The highest BCUT2D eigenvalue weighted by molar-refractivity contribution is 5.91. The van der Waals surface area contributed by atoms with Crippen LogP contribution in [-0.4, -0.2) is 70.3 Å². The van der Waals surface area contributed by atoms with Gasteiger partial charge in [0, 0.05) is 31.0 Å². The Hall–Kier alpha value is -3.21. The third-order valence-electron chi connectivity index (χ3n) is 7.37. The van der Waals surface area contributed by atoms with Crippen molar-refractivity contribution >= 4 is 24.0 Å². The second-order valence-corrected chi connectivity index (χ2v) is 9.65. The molecule has 1 aromatic heterocycles. The van der Waals surface area contributed by atoms with Crippen molar-refractivity contribution in [1.29, 1.82) is 0 Å². The lowest BCUT2D eigenvalue weighted by molar-refractivity contribution is -0.138. The van der Waals surface area contributed by atoms with Crippen LogP contribution in [0.4, 0.5) is 5.82 Å². The van der Waals surface area contributed by atoms with E-state index in [-0.39, 0.29) is 29.9 Å². The topological polar surface area (TPSA) is 139 Å². The lowest BCUT2D eigenvalue weighted by Gasteiger charge is -2.38. The maximum atomic E-state index is 13.4. The Labute approximate surface area is 198 Å². The predicted octanol–water partition coefficient (Wildman–Crippen LogP) is 2.03. The van der Waals surface area contributed by atoms with Gasteiger partial charge in [-0.1, -0.05) is 5.22 Å². The number of aliphatic imine (C=N–C) groups is 1. The van der Waals surface area contributed by atoms with E-state index in [1.54, 1.807) is 11.1 Å². The summed E-state index contributed by atoms with van der Waals surface area (Å²) in [6.45, 7) is 4.89. The molecule has 3 aliphatic heterocycles. The maximum Gasteiger partial charge on any atom is 0.333 e. The SMILES string of the molecule is C[C@H]1CC2(CCN(CCc3ncc(/N=C/N=NN)nc3C3CC3)CC2)C(=O)N1C1=CC(=O)OC1. The molecule has 180 valence electrons. The van der Waals surface area contributed by atoms with Crippen molar-refractivity contribution in [1.82, 2.24) is 19.8 Å². The van der Waals surface area contributed by atoms with E-state index in [2.05, 4.69) is 37.1 Å². The number of cyclic esters (lactones) is 1. The summed E-state index contributed by atoms with van der Waals surface area (Å²) in [4.78, 5) is 42.6. The summed E-state index contributed by atoms with van der Waals surface area (Å²) in [5, 5.41) is 6.69. The van der Waals surface area contributed by atoms with Gasteiger partial charge in [-0.3, -0.25) is 9.78 Å². The van der Waals surface area contributed by atoms with Gasteiger partial charge >= 0.3 is 5.97 Å². The number of piperidine rings is 1. The van der Waals surface area contributed by atoms with Crippen molar-refractivity contribution in [3.8, 4) is 0 Å². The molecule has 0 aromatic carbocycles. The molecule has 11 nitrogen and oxygen atoms in total. The van der Waals surface area contributed by atoms with Crippen molar-refractivity contribution in [2.24, 2.45) is 26.6 Å². The zero-order valence-electron chi connectivity index (χ0n) is 19.4. The van der Waals surface area contributed by atoms with Crippen LogP contribution >= 0.6 is 0 Å². The Balaban J connectivity index is 1.19. The molecule has 5 rings (SSSR count). The van der Waals surface area contributed by atoms with Crippen molar-refractivity contribution in [3.05, 3.63) is 29.4 Å². The fourth-order valence-electron chi connectivity index (χ4n) is 5.48. The van der Waals surface area contributed by atoms with E-state index < -0.39 is 0 Å². The molecule has 1 amide bonds. The van der Waals surface area contributed by atoms with E-state index in [4.69, 9.17) is 10.6 Å². The van der Waals surface area contributed by atoms with Gasteiger partial charge in [0.15, 0.2) is 5.82 Å². The highest BCUT2D eigenvalue weighted by atomic mass is 16.5. The van der Waals surface area contributed by atoms with Gasteiger partial charge in [-0.15, -0.1) is 5.11 Å². The quantitative estimate of drug-likeness (QED) is 0.162. The molecule has 1 aromatic rings. The number of nitrogens with two attached hydrogens (primary N) is 1. The van der Waals surface area contributed by atoms with Crippen LogP contribution in [0.25, 0.3) is 0 Å². The lowest BCUT2D eigenvalue weighted by atomic mass is 9.76. The van der Waals surface area contributed by atoms with Crippen LogP contribution in [0, 0.1) is 5.41 Å². The zero-order valence-corrected chi connectivity index (χ0v) is 19.4. The van der Waals surface area contributed by atoms with Crippen molar-refractivity contribution in [2.45, 2.75) is 57.4 Å². The van der Waals surface area contributed by atoms with Gasteiger partial charge in [0.25, 0.3) is 0 Å². The maximum absolute atomic E-state index is 13.4. The fraction of sp³-hybridized carbons (Fsp3) is 0.609. The number of nitrogens with zero attached hydrogens (tertiary/aromatic N) is 7. The Morgan fingerprint density at radius 3 is 2.76 bits per heavy atom. The molecule has 0 bridgehead atoms. The van der Waals surface area contributed by atoms with Crippen molar-refractivity contribution < 1.29 is 14.3 Å². The Morgan fingerprint density at radius 2 is 2.09 bits per heavy atom. The fourth-order valence-corrected chi connectivity index (χ4v) is 5.48. The van der Waals surface area contributed by atoms with Crippen LogP contribution in [-0.2, 0) is 20.7 Å². The van der Waals surface area contributed by atoms with Gasteiger partial charge in [0.2, 0.25) is 5.91 Å². The molecule has 0 unspecified atom stereocenters. The van der Waals surface area contributed by atoms with Crippen LogP contribution < -0.4 is 5.84 Å². The molecule has 0 radical (unpaired) electrons. The summed E-state index contributed by atoms with van der Waals surface area (Å²) in [5.74, 6) is 5.76. The van der Waals surface area contributed by atoms with E-state index in [9.17, 15) is 9.59 Å². The molecule has 1 aliphatic carbocycles. The molecule has 3 fully saturated rings. The third-order valence-corrected chi connectivity index (χ3v) is 7.37. The summed E-state index contributed by atoms with van der Waals surface area (Å²) in [6.07, 6.45) is 9.97. The highest BCUT2D eigenvalue weighted by Crippen LogP contribution is 2.46. The second kappa shape index (κ2) is 9.21. The van der Waals surface area contributed by atoms with Gasteiger partial charge in [-0.25, -0.2) is 14.8 Å². The van der Waals surface area contributed by atoms with E-state index >= 15 is 0 Å². The first-order chi connectivity index (χ1) is 16.5.